The summed E-state index contributed by atoms with van der Waals surface area (Å²) in [5.74, 6) is 1.22. The summed E-state index contributed by atoms with van der Waals surface area (Å²) in [7, 11) is 1.81. The standard InChI is InChI=1S/C13H9Br2ClN4O/c1-20-13-8(5-17-20)12(16)18-11(19-13)6-21-10-3-2-7(14)4-9(10)15/h2-5H,6H2,1H3. The summed E-state index contributed by atoms with van der Waals surface area (Å²) in [6.07, 6.45) is 1.65. The van der Waals surface area contributed by atoms with Crippen LogP contribution in [0.2, 0.25) is 5.15 Å². The second kappa shape index (κ2) is 5.90. The van der Waals surface area contributed by atoms with E-state index in [-0.39, 0.29) is 6.61 Å². The molecular weight excluding hydrogens is 423 g/mol. The van der Waals surface area contributed by atoms with E-state index in [1.165, 1.54) is 0 Å². The molecule has 0 aliphatic carbocycles. The Morgan fingerprint density at radius 2 is 2.10 bits per heavy atom. The number of hydrogen-bond acceptors (Lipinski definition) is 4. The van der Waals surface area contributed by atoms with Crippen molar-refractivity contribution in [3.8, 4) is 5.75 Å². The molecule has 0 aliphatic rings. The zero-order valence-corrected chi connectivity index (χ0v) is 14.8. The smallest absolute Gasteiger partial charge is 0.170 e. The average molecular weight is 433 g/mol. The van der Waals surface area contributed by atoms with Crippen LogP contribution in [0.25, 0.3) is 11.0 Å². The highest BCUT2D eigenvalue weighted by atomic mass is 79.9. The molecule has 0 unspecified atom stereocenters. The fourth-order valence-corrected chi connectivity index (χ4v) is 3.22. The summed E-state index contributed by atoms with van der Waals surface area (Å²) in [4.78, 5) is 8.64. The van der Waals surface area contributed by atoms with Crippen molar-refractivity contribution in [1.82, 2.24) is 19.7 Å². The van der Waals surface area contributed by atoms with Crippen LogP contribution in [0.15, 0.2) is 33.3 Å². The molecule has 2 heterocycles. The molecule has 0 bridgehead atoms. The lowest BCUT2D eigenvalue weighted by Crippen LogP contribution is -2.04. The van der Waals surface area contributed by atoms with E-state index in [0.717, 1.165) is 14.3 Å². The van der Waals surface area contributed by atoms with Crippen LogP contribution in [0.4, 0.5) is 0 Å². The molecule has 0 saturated carbocycles. The molecule has 8 heteroatoms. The van der Waals surface area contributed by atoms with Gasteiger partial charge in [-0.15, -0.1) is 0 Å². The highest BCUT2D eigenvalue weighted by Crippen LogP contribution is 2.29. The SMILES string of the molecule is Cn1ncc2c(Cl)nc(COc3ccc(Br)cc3Br)nc21. The zero-order valence-electron chi connectivity index (χ0n) is 10.8. The zero-order chi connectivity index (χ0) is 15.0. The number of benzene rings is 1. The molecule has 21 heavy (non-hydrogen) atoms. The molecule has 0 fully saturated rings. The van der Waals surface area contributed by atoms with Crippen LogP contribution in [0.3, 0.4) is 0 Å². The molecule has 3 aromatic rings. The number of nitrogens with zero attached hydrogens (tertiary/aromatic N) is 4. The van der Waals surface area contributed by atoms with Crippen LogP contribution < -0.4 is 4.74 Å². The Labute approximate surface area is 142 Å². The van der Waals surface area contributed by atoms with Crippen LogP contribution >= 0.6 is 43.5 Å². The fourth-order valence-electron chi connectivity index (χ4n) is 1.83. The van der Waals surface area contributed by atoms with Gasteiger partial charge in [-0.25, -0.2) is 9.97 Å². The van der Waals surface area contributed by atoms with Crippen molar-refractivity contribution in [3.63, 3.8) is 0 Å². The lowest BCUT2D eigenvalue weighted by molar-refractivity contribution is 0.294. The van der Waals surface area contributed by atoms with Crippen LogP contribution in [0, 0.1) is 0 Å². The minimum Gasteiger partial charge on any atom is -0.484 e. The summed E-state index contributed by atoms with van der Waals surface area (Å²) in [5, 5.41) is 5.22. The van der Waals surface area contributed by atoms with Gasteiger partial charge in [-0.2, -0.15) is 5.10 Å². The second-order valence-corrected chi connectivity index (χ2v) is 6.43. The van der Waals surface area contributed by atoms with Crippen molar-refractivity contribution in [2.45, 2.75) is 6.61 Å². The Kier molecular flexibility index (Phi) is 4.14. The van der Waals surface area contributed by atoms with Gasteiger partial charge < -0.3 is 4.74 Å². The van der Waals surface area contributed by atoms with E-state index in [4.69, 9.17) is 16.3 Å². The van der Waals surface area contributed by atoms with E-state index in [0.29, 0.717) is 22.4 Å². The van der Waals surface area contributed by atoms with Gasteiger partial charge in [0.1, 0.15) is 17.5 Å². The first kappa shape index (κ1) is 14.7. The van der Waals surface area contributed by atoms with E-state index < -0.39 is 0 Å². The minimum absolute atomic E-state index is 0.223. The normalized spacial score (nSPS) is 11.0. The van der Waals surface area contributed by atoms with Crippen molar-refractivity contribution in [3.05, 3.63) is 44.3 Å². The molecule has 3 rings (SSSR count). The largest absolute Gasteiger partial charge is 0.484 e. The molecule has 5 nitrogen and oxygen atoms in total. The van der Waals surface area contributed by atoms with E-state index in [1.807, 2.05) is 25.2 Å². The Morgan fingerprint density at radius 1 is 1.29 bits per heavy atom. The van der Waals surface area contributed by atoms with Crippen LogP contribution in [-0.2, 0) is 13.7 Å². The lowest BCUT2D eigenvalue weighted by atomic mass is 10.3. The van der Waals surface area contributed by atoms with Gasteiger partial charge in [0, 0.05) is 11.5 Å². The molecule has 0 aliphatic heterocycles. The van der Waals surface area contributed by atoms with Crippen molar-refractivity contribution in [2.75, 3.05) is 0 Å². The number of halogens is 3. The topological polar surface area (TPSA) is 52.8 Å². The molecule has 0 radical (unpaired) electrons. The summed E-state index contributed by atoms with van der Waals surface area (Å²) in [6.45, 7) is 0.223. The van der Waals surface area contributed by atoms with Crippen molar-refractivity contribution in [2.24, 2.45) is 7.05 Å². The predicted octanol–water partition coefficient (Wildman–Crippen LogP) is 4.12. The van der Waals surface area contributed by atoms with Gasteiger partial charge in [-0.1, -0.05) is 27.5 Å². The first-order valence-corrected chi connectivity index (χ1v) is 7.93. The summed E-state index contributed by atoms with van der Waals surface area (Å²) in [6, 6.07) is 5.67. The maximum atomic E-state index is 6.13. The van der Waals surface area contributed by atoms with Crippen LogP contribution in [0.5, 0.6) is 5.75 Å². The van der Waals surface area contributed by atoms with Gasteiger partial charge in [0.05, 0.1) is 16.1 Å². The number of hydrogen-bond donors (Lipinski definition) is 0. The average Bonchev–Trinajstić information content (AvgIpc) is 2.80. The number of rotatable bonds is 3. The molecule has 108 valence electrons. The first-order chi connectivity index (χ1) is 10.0. The third-order valence-electron chi connectivity index (χ3n) is 2.84. The number of ether oxygens (including phenoxy) is 1. The third kappa shape index (κ3) is 3.04. The molecule has 0 amide bonds. The number of aryl methyl sites for hydroxylation is 1. The van der Waals surface area contributed by atoms with Crippen LogP contribution in [-0.4, -0.2) is 19.7 Å². The minimum atomic E-state index is 0.223. The molecular formula is C13H9Br2ClN4O. The molecule has 0 spiro atoms. The fraction of sp³-hybridized carbons (Fsp3) is 0.154. The Morgan fingerprint density at radius 3 is 2.86 bits per heavy atom. The summed E-state index contributed by atoms with van der Waals surface area (Å²) < 4.78 is 9.19. The van der Waals surface area contributed by atoms with E-state index in [2.05, 4.69) is 46.9 Å². The molecule has 0 saturated heterocycles. The van der Waals surface area contributed by atoms with Gasteiger partial charge in [0.15, 0.2) is 11.5 Å². The monoisotopic (exact) mass is 430 g/mol. The molecule has 2 aromatic heterocycles. The van der Waals surface area contributed by atoms with E-state index in [1.54, 1.807) is 10.9 Å². The molecule has 0 N–H and O–H groups in total. The van der Waals surface area contributed by atoms with E-state index in [9.17, 15) is 0 Å². The van der Waals surface area contributed by atoms with Crippen molar-refractivity contribution in [1.29, 1.82) is 0 Å². The predicted molar refractivity (Wildman–Crippen MR) is 87.5 cm³/mol. The molecule has 0 atom stereocenters. The quantitative estimate of drug-likeness (QED) is 0.585. The van der Waals surface area contributed by atoms with E-state index >= 15 is 0 Å². The van der Waals surface area contributed by atoms with Gasteiger partial charge in [0.2, 0.25) is 0 Å². The Bertz CT molecular complexity index is 821. The van der Waals surface area contributed by atoms with Crippen molar-refractivity contribution < 1.29 is 4.74 Å². The van der Waals surface area contributed by atoms with Crippen molar-refractivity contribution >= 4 is 54.5 Å². The van der Waals surface area contributed by atoms with Gasteiger partial charge in [-0.05, 0) is 34.1 Å². The molecule has 1 aromatic carbocycles. The van der Waals surface area contributed by atoms with Gasteiger partial charge in [-0.3, -0.25) is 4.68 Å². The number of aromatic nitrogens is 4. The summed E-state index contributed by atoms with van der Waals surface area (Å²) >= 11 is 13.0. The lowest BCUT2D eigenvalue weighted by Gasteiger charge is -2.08. The highest BCUT2D eigenvalue weighted by molar-refractivity contribution is 9.11. The van der Waals surface area contributed by atoms with Gasteiger partial charge >= 0.3 is 0 Å². The number of fused-ring (bicyclic) bond motifs is 1. The third-order valence-corrected chi connectivity index (χ3v) is 4.24. The van der Waals surface area contributed by atoms with Crippen LogP contribution in [0.1, 0.15) is 5.82 Å². The Hall–Kier alpha value is -1.18. The maximum Gasteiger partial charge on any atom is 0.170 e. The Balaban J connectivity index is 1.86. The second-order valence-electron chi connectivity index (χ2n) is 4.30. The first-order valence-electron chi connectivity index (χ1n) is 5.96. The highest BCUT2D eigenvalue weighted by Gasteiger charge is 2.11. The van der Waals surface area contributed by atoms with Gasteiger partial charge in [0.25, 0.3) is 0 Å². The summed E-state index contributed by atoms with van der Waals surface area (Å²) in [5.41, 5.74) is 0.684. The maximum absolute atomic E-state index is 6.13.